The summed E-state index contributed by atoms with van der Waals surface area (Å²) in [6.45, 7) is 15.4. The van der Waals surface area contributed by atoms with Crippen LogP contribution in [0.5, 0.6) is 0 Å². The molecule has 0 atom stereocenters. The molecule has 0 radical (unpaired) electrons. The van der Waals surface area contributed by atoms with Crippen LogP contribution in [0, 0.1) is 19.3 Å². The van der Waals surface area contributed by atoms with E-state index in [2.05, 4.69) is 51.5 Å². The molecule has 0 aliphatic rings. The van der Waals surface area contributed by atoms with Crippen LogP contribution in [0.15, 0.2) is 0 Å². The quantitative estimate of drug-likeness (QED) is 0.729. The van der Waals surface area contributed by atoms with Gasteiger partial charge in [0, 0.05) is 11.1 Å². The van der Waals surface area contributed by atoms with E-state index in [1.807, 2.05) is 6.92 Å². The van der Waals surface area contributed by atoms with Gasteiger partial charge in [-0.1, -0.05) is 34.6 Å². The summed E-state index contributed by atoms with van der Waals surface area (Å²) in [5, 5.41) is 0. The van der Waals surface area contributed by atoms with Gasteiger partial charge in [0.1, 0.15) is 5.82 Å². The minimum atomic E-state index is 0.0754. The third kappa shape index (κ3) is 1.70. The molecular weight excluding hydrogens is 172 g/mol. The molecule has 80 valence electrons. The second-order valence-electron chi connectivity index (χ2n) is 5.67. The van der Waals surface area contributed by atoms with Gasteiger partial charge in [-0.05, 0) is 19.3 Å². The molecule has 0 unspecified atom stereocenters. The SMILES string of the molecule is Cc1nc(C(C)(C)C(C)(C)C)[nH]c1C. The Morgan fingerprint density at radius 3 is 1.79 bits per heavy atom. The van der Waals surface area contributed by atoms with Gasteiger partial charge in [-0.25, -0.2) is 4.98 Å². The van der Waals surface area contributed by atoms with E-state index in [-0.39, 0.29) is 10.8 Å². The van der Waals surface area contributed by atoms with Crippen molar-refractivity contribution < 1.29 is 0 Å². The first-order valence-electron chi connectivity index (χ1n) is 5.20. The molecule has 0 aromatic carbocycles. The summed E-state index contributed by atoms with van der Waals surface area (Å²) in [5.74, 6) is 1.10. The number of hydrogen-bond donors (Lipinski definition) is 1. The smallest absolute Gasteiger partial charge is 0.112 e. The molecule has 0 aliphatic heterocycles. The Bertz CT molecular complexity index is 307. The topological polar surface area (TPSA) is 28.7 Å². The van der Waals surface area contributed by atoms with E-state index < -0.39 is 0 Å². The van der Waals surface area contributed by atoms with Crippen LogP contribution in [0.2, 0.25) is 0 Å². The van der Waals surface area contributed by atoms with E-state index in [0.29, 0.717) is 0 Å². The highest BCUT2D eigenvalue weighted by Crippen LogP contribution is 2.39. The molecule has 0 saturated carbocycles. The molecule has 1 N–H and O–H groups in total. The third-order valence-electron chi connectivity index (χ3n) is 3.60. The van der Waals surface area contributed by atoms with Gasteiger partial charge >= 0.3 is 0 Å². The average Bonchev–Trinajstić information content (AvgIpc) is 2.30. The van der Waals surface area contributed by atoms with Crippen molar-refractivity contribution in [3.05, 3.63) is 17.2 Å². The Hall–Kier alpha value is -0.790. The minimum Gasteiger partial charge on any atom is -0.345 e. The summed E-state index contributed by atoms with van der Waals surface area (Å²) in [5.41, 5.74) is 2.57. The molecule has 0 bridgehead atoms. The van der Waals surface area contributed by atoms with Gasteiger partial charge in [0.05, 0.1) is 5.69 Å². The van der Waals surface area contributed by atoms with Crippen molar-refractivity contribution in [2.24, 2.45) is 5.41 Å². The summed E-state index contributed by atoms with van der Waals surface area (Å²) < 4.78 is 0. The molecule has 0 saturated heterocycles. The number of aromatic nitrogens is 2. The number of imidazole rings is 1. The first-order valence-corrected chi connectivity index (χ1v) is 5.20. The van der Waals surface area contributed by atoms with Gasteiger partial charge in [-0.15, -0.1) is 0 Å². The number of aromatic amines is 1. The Morgan fingerprint density at radius 1 is 1.00 bits per heavy atom. The van der Waals surface area contributed by atoms with Crippen LogP contribution >= 0.6 is 0 Å². The zero-order valence-electron chi connectivity index (χ0n) is 10.4. The first-order chi connectivity index (χ1) is 6.16. The van der Waals surface area contributed by atoms with Crippen LogP contribution in [0.4, 0.5) is 0 Å². The van der Waals surface area contributed by atoms with Gasteiger partial charge in [0.15, 0.2) is 0 Å². The average molecular weight is 194 g/mol. The van der Waals surface area contributed by atoms with Crippen molar-refractivity contribution in [1.29, 1.82) is 0 Å². The molecule has 0 amide bonds. The molecule has 2 nitrogen and oxygen atoms in total. The van der Waals surface area contributed by atoms with Crippen molar-refractivity contribution >= 4 is 0 Å². The second kappa shape index (κ2) is 3.11. The van der Waals surface area contributed by atoms with Crippen LogP contribution in [0.25, 0.3) is 0 Å². The fraction of sp³-hybridized carbons (Fsp3) is 0.750. The highest BCUT2D eigenvalue weighted by atomic mass is 15.0. The predicted molar refractivity (Wildman–Crippen MR) is 60.5 cm³/mol. The minimum absolute atomic E-state index is 0.0754. The Balaban J connectivity index is 3.16. The number of nitrogens with zero attached hydrogens (tertiary/aromatic N) is 1. The lowest BCUT2D eigenvalue weighted by Gasteiger charge is -2.37. The van der Waals surface area contributed by atoms with Gasteiger partial charge < -0.3 is 4.98 Å². The van der Waals surface area contributed by atoms with E-state index in [1.54, 1.807) is 0 Å². The van der Waals surface area contributed by atoms with E-state index in [4.69, 9.17) is 0 Å². The maximum Gasteiger partial charge on any atom is 0.112 e. The van der Waals surface area contributed by atoms with E-state index in [1.165, 1.54) is 5.69 Å². The normalized spacial score (nSPS) is 13.4. The lowest BCUT2D eigenvalue weighted by molar-refractivity contribution is 0.214. The van der Waals surface area contributed by atoms with E-state index in [0.717, 1.165) is 11.5 Å². The third-order valence-corrected chi connectivity index (χ3v) is 3.60. The highest BCUT2D eigenvalue weighted by molar-refractivity contribution is 5.18. The van der Waals surface area contributed by atoms with Gasteiger partial charge in [0.25, 0.3) is 0 Å². The lowest BCUT2D eigenvalue weighted by Crippen LogP contribution is -2.35. The Labute approximate surface area is 87.1 Å². The number of nitrogens with one attached hydrogen (secondary N) is 1. The summed E-state index contributed by atoms with van der Waals surface area (Å²) >= 11 is 0. The Morgan fingerprint density at radius 2 is 1.50 bits per heavy atom. The van der Waals surface area contributed by atoms with Crippen LogP contribution in [-0.2, 0) is 5.41 Å². The number of aryl methyl sites for hydroxylation is 2. The lowest BCUT2D eigenvalue weighted by atomic mass is 9.69. The first kappa shape index (κ1) is 11.3. The monoisotopic (exact) mass is 194 g/mol. The van der Waals surface area contributed by atoms with Crippen molar-refractivity contribution in [1.82, 2.24) is 9.97 Å². The number of H-pyrrole nitrogens is 1. The molecule has 1 heterocycles. The zero-order valence-corrected chi connectivity index (χ0v) is 10.4. The summed E-state index contributed by atoms with van der Waals surface area (Å²) in [6.07, 6.45) is 0. The summed E-state index contributed by atoms with van der Waals surface area (Å²) in [7, 11) is 0. The van der Waals surface area contributed by atoms with Crippen LogP contribution < -0.4 is 0 Å². The van der Waals surface area contributed by atoms with Crippen LogP contribution in [0.3, 0.4) is 0 Å². The van der Waals surface area contributed by atoms with Crippen LogP contribution in [0.1, 0.15) is 51.8 Å². The van der Waals surface area contributed by atoms with Crippen LogP contribution in [-0.4, -0.2) is 9.97 Å². The standard InChI is InChI=1S/C12H22N2/c1-8-9(2)14-10(13-8)12(6,7)11(3,4)5/h1-7H3,(H,13,14). The maximum atomic E-state index is 4.59. The fourth-order valence-corrected chi connectivity index (χ4v) is 1.20. The van der Waals surface area contributed by atoms with Crippen molar-refractivity contribution in [3.63, 3.8) is 0 Å². The molecule has 1 aromatic rings. The van der Waals surface area contributed by atoms with Gasteiger partial charge in [-0.2, -0.15) is 0 Å². The fourth-order valence-electron chi connectivity index (χ4n) is 1.20. The van der Waals surface area contributed by atoms with E-state index >= 15 is 0 Å². The summed E-state index contributed by atoms with van der Waals surface area (Å²) in [6, 6.07) is 0. The zero-order chi connectivity index (χ0) is 11.1. The molecule has 1 aromatic heterocycles. The van der Waals surface area contributed by atoms with Crippen molar-refractivity contribution in [2.75, 3.05) is 0 Å². The molecular formula is C12H22N2. The maximum absolute atomic E-state index is 4.59. The molecule has 0 fully saturated rings. The molecule has 0 spiro atoms. The molecule has 2 heteroatoms. The summed E-state index contributed by atoms with van der Waals surface area (Å²) in [4.78, 5) is 7.97. The Kier molecular flexibility index (Phi) is 2.51. The predicted octanol–water partition coefficient (Wildman–Crippen LogP) is 3.35. The second-order valence-corrected chi connectivity index (χ2v) is 5.67. The number of rotatable bonds is 1. The van der Waals surface area contributed by atoms with Crippen molar-refractivity contribution in [3.8, 4) is 0 Å². The van der Waals surface area contributed by atoms with Gasteiger partial charge in [0.2, 0.25) is 0 Å². The molecule has 1 rings (SSSR count). The molecule has 14 heavy (non-hydrogen) atoms. The largest absolute Gasteiger partial charge is 0.345 e. The van der Waals surface area contributed by atoms with Gasteiger partial charge in [-0.3, -0.25) is 0 Å². The highest BCUT2D eigenvalue weighted by Gasteiger charge is 2.37. The molecule has 0 aliphatic carbocycles. The van der Waals surface area contributed by atoms with E-state index in [9.17, 15) is 0 Å². The van der Waals surface area contributed by atoms with Crippen molar-refractivity contribution in [2.45, 2.75) is 53.9 Å². The number of hydrogen-bond acceptors (Lipinski definition) is 1.